The second kappa shape index (κ2) is 12.3. The van der Waals surface area contributed by atoms with Crippen LogP contribution in [0.1, 0.15) is 18.1 Å². The Morgan fingerprint density at radius 3 is 2.32 bits per heavy atom. The van der Waals surface area contributed by atoms with Crippen molar-refractivity contribution in [1.29, 1.82) is 0 Å². The molecular formula is C16H25F3IN3O2. The molecule has 0 aliphatic heterocycles. The number of benzene rings is 1. The first-order chi connectivity index (χ1) is 11.3. The number of aliphatic imine (C=N–C) groups is 1. The van der Waals surface area contributed by atoms with Gasteiger partial charge >= 0.3 is 6.18 Å². The van der Waals surface area contributed by atoms with Gasteiger partial charge in [-0.2, -0.15) is 13.2 Å². The molecule has 0 spiro atoms. The third-order valence-electron chi connectivity index (χ3n) is 3.04. The first-order valence-corrected chi connectivity index (χ1v) is 7.52. The van der Waals surface area contributed by atoms with Gasteiger partial charge in [0, 0.05) is 26.7 Å². The topological polar surface area (TPSA) is 54.9 Å². The van der Waals surface area contributed by atoms with Crippen molar-refractivity contribution in [2.45, 2.75) is 32.3 Å². The minimum absolute atomic E-state index is 0. The first kappa shape index (κ1) is 23.9. The number of alkyl halides is 3. The average molecular weight is 475 g/mol. The van der Waals surface area contributed by atoms with Gasteiger partial charge in [-0.25, -0.2) is 0 Å². The van der Waals surface area contributed by atoms with E-state index in [1.807, 2.05) is 19.1 Å². The molecule has 1 atom stereocenters. The van der Waals surface area contributed by atoms with Crippen molar-refractivity contribution in [3.05, 3.63) is 35.4 Å². The summed E-state index contributed by atoms with van der Waals surface area (Å²) in [4.78, 5) is 4.12. The quantitative estimate of drug-likeness (QED) is 0.345. The first-order valence-electron chi connectivity index (χ1n) is 7.52. The third kappa shape index (κ3) is 11.2. The lowest BCUT2D eigenvalue weighted by Gasteiger charge is -2.17. The third-order valence-corrected chi connectivity index (χ3v) is 3.04. The van der Waals surface area contributed by atoms with Crippen LogP contribution in [0.2, 0.25) is 0 Å². The van der Waals surface area contributed by atoms with E-state index >= 15 is 0 Å². The Balaban J connectivity index is 0.00000576. The summed E-state index contributed by atoms with van der Waals surface area (Å²) >= 11 is 0. The molecule has 1 aromatic rings. The van der Waals surface area contributed by atoms with Crippen molar-refractivity contribution < 1.29 is 22.6 Å². The Morgan fingerprint density at radius 1 is 1.20 bits per heavy atom. The highest BCUT2D eigenvalue weighted by molar-refractivity contribution is 14.0. The zero-order valence-corrected chi connectivity index (χ0v) is 16.9. The Morgan fingerprint density at radius 2 is 1.80 bits per heavy atom. The summed E-state index contributed by atoms with van der Waals surface area (Å²) in [6, 6.07) is 7.29. The Labute approximate surface area is 163 Å². The van der Waals surface area contributed by atoms with Crippen molar-refractivity contribution >= 4 is 29.9 Å². The normalized spacial score (nSPS) is 13.1. The number of halogens is 4. The highest BCUT2D eigenvalue weighted by Crippen LogP contribution is 2.15. The van der Waals surface area contributed by atoms with Gasteiger partial charge in [0.15, 0.2) is 5.96 Å². The van der Waals surface area contributed by atoms with E-state index in [-0.39, 0.29) is 36.6 Å². The summed E-state index contributed by atoms with van der Waals surface area (Å²) < 4.78 is 45.7. The standard InChI is InChI=1S/C16H24F3N3O2.HI/c1-12(9-23-3)22-15(20-2)21-8-13-4-6-14(7-5-13)10-24-11-16(17,18)19;/h4-7,12H,8-11H2,1-3H3,(H2,20,21,22);1H. The summed E-state index contributed by atoms with van der Waals surface area (Å²) in [6.45, 7) is 1.78. The smallest absolute Gasteiger partial charge is 0.383 e. The second-order valence-electron chi connectivity index (χ2n) is 5.35. The molecule has 2 N–H and O–H groups in total. The molecule has 1 aromatic carbocycles. The van der Waals surface area contributed by atoms with E-state index in [0.717, 1.165) is 5.56 Å². The van der Waals surface area contributed by atoms with Gasteiger partial charge in [0.25, 0.3) is 0 Å². The van der Waals surface area contributed by atoms with E-state index in [1.165, 1.54) is 0 Å². The van der Waals surface area contributed by atoms with Gasteiger partial charge in [-0.3, -0.25) is 4.99 Å². The lowest BCUT2D eigenvalue weighted by Crippen LogP contribution is -2.43. The summed E-state index contributed by atoms with van der Waals surface area (Å²) in [5, 5.41) is 6.34. The molecule has 9 heteroatoms. The fourth-order valence-electron chi connectivity index (χ4n) is 1.94. The average Bonchev–Trinajstić information content (AvgIpc) is 2.51. The molecule has 0 aliphatic rings. The van der Waals surface area contributed by atoms with Crippen LogP contribution in [0.3, 0.4) is 0 Å². The van der Waals surface area contributed by atoms with Gasteiger partial charge < -0.3 is 20.1 Å². The predicted octanol–water partition coefficient (Wildman–Crippen LogP) is 3.08. The number of nitrogens with one attached hydrogen (secondary N) is 2. The van der Waals surface area contributed by atoms with Crippen LogP contribution < -0.4 is 10.6 Å². The van der Waals surface area contributed by atoms with E-state index in [0.29, 0.717) is 24.7 Å². The molecule has 0 saturated heterocycles. The molecule has 0 aliphatic carbocycles. The molecule has 0 saturated carbocycles. The number of methoxy groups -OCH3 is 1. The van der Waals surface area contributed by atoms with Crippen LogP contribution in [0.25, 0.3) is 0 Å². The molecule has 0 amide bonds. The van der Waals surface area contributed by atoms with Crippen LogP contribution in [0, 0.1) is 0 Å². The fraction of sp³-hybridized carbons (Fsp3) is 0.562. The molecule has 5 nitrogen and oxygen atoms in total. The Kier molecular flexibility index (Phi) is 11.8. The van der Waals surface area contributed by atoms with E-state index in [4.69, 9.17) is 4.74 Å². The van der Waals surface area contributed by atoms with Gasteiger partial charge in [0.05, 0.1) is 13.2 Å². The molecule has 1 unspecified atom stereocenters. The maximum atomic E-state index is 12.0. The van der Waals surface area contributed by atoms with Crippen molar-refractivity contribution in [2.24, 2.45) is 4.99 Å². The summed E-state index contributed by atoms with van der Waals surface area (Å²) in [6.07, 6.45) is -4.30. The van der Waals surface area contributed by atoms with E-state index < -0.39 is 12.8 Å². The summed E-state index contributed by atoms with van der Waals surface area (Å²) in [7, 11) is 3.31. The molecule has 0 bridgehead atoms. The highest BCUT2D eigenvalue weighted by Gasteiger charge is 2.27. The van der Waals surface area contributed by atoms with Crippen molar-refractivity contribution in [3.8, 4) is 0 Å². The molecule has 144 valence electrons. The lowest BCUT2D eigenvalue weighted by molar-refractivity contribution is -0.176. The highest BCUT2D eigenvalue weighted by atomic mass is 127. The predicted molar refractivity (Wildman–Crippen MR) is 102 cm³/mol. The monoisotopic (exact) mass is 475 g/mol. The van der Waals surface area contributed by atoms with Gasteiger partial charge in [-0.15, -0.1) is 24.0 Å². The number of guanidine groups is 1. The van der Waals surface area contributed by atoms with E-state index in [1.54, 1.807) is 26.3 Å². The minimum Gasteiger partial charge on any atom is -0.383 e. The molecule has 25 heavy (non-hydrogen) atoms. The molecule has 0 fully saturated rings. The maximum Gasteiger partial charge on any atom is 0.411 e. The van der Waals surface area contributed by atoms with Crippen LogP contribution in [0.5, 0.6) is 0 Å². The lowest BCUT2D eigenvalue weighted by atomic mass is 10.1. The molecule has 0 radical (unpaired) electrons. The van der Waals surface area contributed by atoms with Crippen molar-refractivity contribution in [2.75, 3.05) is 27.4 Å². The number of ether oxygens (including phenoxy) is 2. The SMILES string of the molecule is CN=C(NCc1ccc(COCC(F)(F)F)cc1)NC(C)COC.I. The van der Waals surface area contributed by atoms with Gasteiger partial charge in [-0.1, -0.05) is 24.3 Å². The summed E-state index contributed by atoms with van der Waals surface area (Å²) in [5.74, 6) is 0.650. The van der Waals surface area contributed by atoms with Crippen molar-refractivity contribution in [1.82, 2.24) is 10.6 Å². The Hall–Kier alpha value is -1.07. The number of nitrogens with zero attached hydrogens (tertiary/aromatic N) is 1. The summed E-state index contributed by atoms with van der Waals surface area (Å²) in [5.41, 5.74) is 1.68. The van der Waals surface area contributed by atoms with Crippen LogP contribution in [-0.2, 0) is 22.6 Å². The fourth-order valence-corrected chi connectivity index (χ4v) is 1.94. The van der Waals surface area contributed by atoms with E-state index in [2.05, 4.69) is 20.4 Å². The number of hydrogen-bond donors (Lipinski definition) is 2. The minimum atomic E-state index is -4.30. The largest absolute Gasteiger partial charge is 0.411 e. The molecule has 0 aromatic heterocycles. The van der Waals surface area contributed by atoms with Gasteiger partial charge in [0.1, 0.15) is 6.61 Å². The number of hydrogen-bond acceptors (Lipinski definition) is 3. The number of rotatable bonds is 8. The van der Waals surface area contributed by atoms with Crippen LogP contribution in [-0.4, -0.2) is 45.5 Å². The Bertz CT molecular complexity index is 510. The van der Waals surface area contributed by atoms with Crippen molar-refractivity contribution in [3.63, 3.8) is 0 Å². The molecule has 1 rings (SSSR count). The second-order valence-corrected chi connectivity index (χ2v) is 5.35. The van der Waals surface area contributed by atoms with Gasteiger partial charge in [0.2, 0.25) is 0 Å². The zero-order chi connectivity index (χ0) is 18.0. The van der Waals surface area contributed by atoms with E-state index in [9.17, 15) is 13.2 Å². The van der Waals surface area contributed by atoms with Crippen LogP contribution in [0.15, 0.2) is 29.3 Å². The maximum absolute atomic E-state index is 12.0. The van der Waals surface area contributed by atoms with Crippen LogP contribution >= 0.6 is 24.0 Å². The molecular weight excluding hydrogens is 450 g/mol. The van der Waals surface area contributed by atoms with Gasteiger partial charge in [-0.05, 0) is 18.1 Å². The van der Waals surface area contributed by atoms with Crippen LogP contribution in [0.4, 0.5) is 13.2 Å². The zero-order valence-electron chi connectivity index (χ0n) is 14.5. The molecule has 0 heterocycles.